The fourth-order valence-corrected chi connectivity index (χ4v) is 2.12. The maximum absolute atomic E-state index is 11.4. The molecule has 0 saturated heterocycles. The maximum Gasteiger partial charge on any atom is 0.243 e. The quantitative estimate of drug-likeness (QED) is 0.258. The van der Waals surface area contributed by atoms with Gasteiger partial charge in [-0.3, -0.25) is 4.79 Å². The first kappa shape index (κ1) is 20.2. The van der Waals surface area contributed by atoms with Gasteiger partial charge in [-0.15, -0.1) is 0 Å². The fourth-order valence-electron chi connectivity index (χ4n) is 1.99. The Balaban J connectivity index is 2.07. The molecule has 0 atom stereocenters. The topological polar surface area (TPSA) is 29.1 Å². The molecule has 0 aliphatic carbocycles. The van der Waals surface area contributed by atoms with Gasteiger partial charge in [0.1, 0.15) is 0 Å². The standard InChI is InChI=1S/C21H28ClNO/c1-18(2)17-23-21(24)12-10-8-6-4-3-5-7-9-11-19-13-15-20(22)16-14-19/h6-10,12-16,18H,3-5,11,17H2,1-2H3,(H,23,24)/b8-6+,9-7+,12-10+. The highest BCUT2D eigenvalue weighted by Crippen LogP contribution is 2.10. The van der Waals surface area contributed by atoms with Crippen molar-refractivity contribution in [3.05, 3.63) is 71.3 Å². The van der Waals surface area contributed by atoms with Crippen LogP contribution >= 0.6 is 11.6 Å². The van der Waals surface area contributed by atoms with E-state index >= 15 is 0 Å². The Bertz CT molecular complexity index is 556. The van der Waals surface area contributed by atoms with Crippen molar-refractivity contribution in [1.82, 2.24) is 5.32 Å². The zero-order valence-corrected chi connectivity index (χ0v) is 15.4. The predicted octanol–water partition coefficient (Wildman–Crippen LogP) is 5.49. The molecule has 0 radical (unpaired) electrons. The minimum atomic E-state index is -0.0292. The van der Waals surface area contributed by atoms with Crippen molar-refractivity contribution in [2.45, 2.75) is 39.5 Å². The Morgan fingerprint density at radius 2 is 1.79 bits per heavy atom. The van der Waals surface area contributed by atoms with Crippen molar-refractivity contribution < 1.29 is 4.79 Å². The highest BCUT2D eigenvalue weighted by atomic mass is 35.5. The summed E-state index contributed by atoms with van der Waals surface area (Å²) in [5.74, 6) is 0.448. The van der Waals surface area contributed by atoms with Gasteiger partial charge in [0.25, 0.3) is 0 Å². The molecular formula is C21H28ClNO. The van der Waals surface area contributed by atoms with Crippen LogP contribution in [-0.4, -0.2) is 12.5 Å². The smallest absolute Gasteiger partial charge is 0.243 e. The first-order valence-electron chi connectivity index (χ1n) is 8.58. The number of unbranched alkanes of at least 4 members (excludes halogenated alkanes) is 2. The van der Waals surface area contributed by atoms with Crippen LogP contribution in [0, 0.1) is 5.92 Å². The third-order valence-corrected chi connectivity index (χ3v) is 3.61. The van der Waals surface area contributed by atoms with Crippen LogP contribution < -0.4 is 5.32 Å². The Morgan fingerprint density at radius 3 is 2.50 bits per heavy atom. The SMILES string of the molecule is CC(C)CNC(=O)/C=C/C=C/CCC/C=C/Cc1ccc(Cl)cc1. The van der Waals surface area contributed by atoms with Crippen LogP contribution in [0.4, 0.5) is 0 Å². The molecule has 0 aliphatic rings. The molecule has 130 valence electrons. The number of benzene rings is 1. The predicted molar refractivity (Wildman–Crippen MR) is 104 cm³/mol. The second-order valence-electron chi connectivity index (χ2n) is 6.16. The normalized spacial score (nSPS) is 12.0. The van der Waals surface area contributed by atoms with Crippen molar-refractivity contribution >= 4 is 17.5 Å². The van der Waals surface area contributed by atoms with E-state index in [0.29, 0.717) is 5.92 Å². The Morgan fingerprint density at radius 1 is 1.08 bits per heavy atom. The zero-order chi connectivity index (χ0) is 17.6. The molecule has 24 heavy (non-hydrogen) atoms. The van der Waals surface area contributed by atoms with E-state index in [4.69, 9.17) is 11.6 Å². The summed E-state index contributed by atoms with van der Waals surface area (Å²) >= 11 is 5.86. The van der Waals surface area contributed by atoms with E-state index in [-0.39, 0.29) is 5.91 Å². The molecule has 1 amide bonds. The number of amides is 1. The lowest BCUT2D eigenvalue weighted by Crippen LogP contribution is -2.25. The van der Waals surface area contributed by atoms with E-state index in [1.807, 2.05) is 18.2 Å². The van der Waals surface area contributed by atoms with Crippen molar-refractivity contribution in [3.63, 3.8) is 0 Å². The molecule has 1 rings (SSSR count). The van der Waals surface area contributed by atoms with Crippen molar-refractivity contribution in [3.8, 4) is 0 Å². The van der Waals surface area contributed by atoms with Gasteiger partial charge in [0, 0.05) is 17.6 Å². The third-order valence-electron chi connectivity index (χ3n) is 3.35. The van der Waals surface area contributed by atoms with Crippen LogP contribution in [-0.2, 0) is 11.2 Å². The monoisotopic (exact) mass is 345 g/mol. The Kier molecular flexibility index (Phi) is 10.6. The lowest BCUT2D eigenvalue weighted by Gasteiger charge is -2.03. The van der Waals surface area contributed by atoms with Gasteiger partial charge in [0.15, 0.2) is 0 Å². The Hall–Kier alpha value is -1.80. The number of hydrogen-bond acceptors (Lipinski definition) is 1. The van der Waals surface area contributed by atoms with Gasteiger partial charge >= 0.3 is 0 Å². The molecule has 0 unspecified atom stereocenters. The molecule has 1 aromatic carbocycles. The van der Waals surface area contributed by atoms with Gasteiger partial charge in [0.05, 0.1) is 0 Å². The summed E-state index contributed by atoms with van der Waals surface area (Å²) in [5, 5.41) is 3.63. The molecule has 1 aromatic rings. The highest BCUT2D eigenvalue weighted by molar-refractivity contribution is 6.30. The van der Waals surface area contributed by atoms with Gasteiger partial charge in [0.2, 0.25) is 5.91 Å². The molecule has 0 bridgehead atoms. The Labute approximate surface area is 151 Å². The minimum Gasteiger partial charge on any atom is -0.352 e. The lowest BCUT2D eigenvalue weighted by molar-refractivity contribution is -0.116. The van der Waals surface area contributed by atoms with E-state index in [0.717, 1.165) is 37.3 Å². The highest BCUT2D eigenvalue weighted by Gasteiger charge is 1.95. The van der Waals surface area contributed by atoms with Crippen LogP contribution in [0.25, 0.3) is 0 Å². The van der Waals surface area contributed by atoms with E-state index in [1.54, 1.807) is 12.2 Å². The van der Waals surface area contributed by atoms with Gasteiger partial charge in [-0.1, -0.05) is 68.0 Å². The van der Waals surface area contributed by atoms with Gasteiger partial charge in [-0.05, 0) is 49.3 Å². The number of allylic oxidation sites excluding steroid dienone is 5. The molecule has 1 N–H and O–H groups in total. The molecule has 0 saturated carbocycles. The van der Waals surface area contributed by atoms with Gasteiger partial charge in [-0.2, -0.15) is 0 Å². The fraction of sp³-hybridized carbons (Fsp3) is 0.381. The lowest BCUT2D eigenvalue weighted by atomic mass is 10.1. The van der Waals surface area contributed by atoms with Crippen molar-refractivity contribution in [2.75, 3.05) is 6.54 Å². The summed E-state index contributed by atoms with van der Waals surface area (Å²) in [7, 11) is 0. The van der Waals surface area contributed by atoms with E-state index in [1.165, 1.54) is 5.56 Å². The summed E-state index contributed by atoms with van der Waals surface area (Å²) in [5.41, 5.74) is 1.27. The average molecular weight is 346 g/mol. The minimum absolute atomic E-state index is 0.0292. The zero-order valence-electron chi connectivity index (χ0n) is 14.7. The van der Waals surface area contributed by atoms with Crippen molar-refractivity contribution in [2.24, 2.45) is 5.92 Å². The number of carbonyl (C=O) groups excluding carboxylic acids is 1. The maximum atomic E-state index is 11.4. The van der Waals surface area contributed by atoms with Crippen LogP contribution in [0.3, 0.4) is 0 Å². The van der Waals surface area contributed by atoms with E-state index < -0.39 is 0 Å². The molecule has 0 fully saturated rings. The molecule has 0 aliphatic heterocycles. The summed E-state index contributed by atoms with van der Waals surface area (Å²) in [6.45, 7) is 4.87. The number of nitrogens with one attached hydrogen (secondary N) is 1. The molecule has 0 heterocycles. The molecular weight excluding hydrogens is 318 g/mol. The summed E-state index contributed by atoms with van der Waals surface area (Å²) in [6, 6.07) is 7.95. The van der Waals surface area contributed by atoms with Crippen LogP contribution in [0.5, 0.6) is 0 Å². The van der Waals surface area contributed by atoms with E-state index in [9.17, 15) is 4.79 Å². The van der Waals surface area contributed by atoms with Crippen LogP contribution in [0.2, 0.25) is 5.02 Å². The number of halogens is 1. The van der Waals surface area contributed by atoms with Crippen LogP contribution in [0.15, 0.2) is 60.7 Å². The van der Waals surface area contributed by atoms with Gasteiger partial charge < -0.3 is 5.32 Å². The second-order valence-corrected chi connectivity index (χ2v) is 6.60. The van der Waals surface area contributed by atoms with E-state index in [2.05, 4.69) is 49.5 Å². The second kappa shape index (κ2) is 12.6. The number of carbonyl (C=O) groups is 1. The first-order valence-corrected chi connectivity index (χ1v) is 8.96. The first-order chi connectivity index (χ1) is 11.6. The number of rotatable bonds is 10. The van der Waals surface area contributed by atoms with Crippen molar-refractivity contribution in [1.29, 1.82) is 0 Å². The molecule has 2 nitrogen and oxygen atoms in total. The molecule has 0 spiro atoms. The average Bonchev–Trinajstić information content (AvgIpc) is 2.56. The number of hydrogen-bond donors (Lipinski definition) is 1. The largest absolute Gasteiger partial charge is 0.352 e. The third kappa shape index (κ3) is 10.8. The van der Waals surface area contributed by atoms with Crippen LogP contribution in [0.1, 0.15) is 38.7 Å². The van der Waals surface area contributed by atoms with Gasteiger partial charge in [-0.25, -0.2) is 0 Å². The molecule has 0 aromatic heterocycles. The summed E-state index contributed by atoms with van der Waals surface area (Å²) in [6.07, 6.45) is 16.0. The summed E-state index contributed by atoms with van der Waals surface area (Å²) in [4.78, 5) is 11.4. The molecule has 3 heteroatoms. The summed E-state index contributed by atoms with van der Waals surface area (Å²) < 4.78 is 0.